The van der Waals surface area contributed by atoms with Gasteiger partial charge in [0.1, 0.15) is 0 Å². The fraction of sp³-hybridized carbons (Fsp3) is 0.450. The van der Waals surface area contributed by atoms with Gasteiger partial charge in [0.25, 0.3) is 0 Å². The topological polar surface area (TPSA) is 134 Å². The summed E-state index contributed by atoms with van der Waals surface area (Å²) < 4.78 is 35.6. The van der Waals surface area contributed by atoms with Gasteiger partial charge in [0.05, 0.1) is 13.2 Å². The summed E-state index contributed by atoms with van der Waals surface area (Å²) in [5, 5.41) is 2.71. The number of aryl methyl sites for hydroxylation is 1. The third-order valence-electron chi connectivity index (χ3n) is 4.46. The predicted octanol–water partition coefficient (Wildman–Crippen LogP) is 3.49. The van der Waals surface area contributed by atoms with Crippen molar-refractivity contribution in [2.24, 2.45) is 0 Å². The Kier molecular flexibility index (Phi) is 9.93. The van der Waals surface area contributed by atoms with Crippen LogP contribution in [0.2, 0.25) is 0 Å². The maximum absolute atomic E-state index is 12.4. The van der Waals surface area contributed by atoms with E-state index in [-0.39, 0.29) is 44.2 Å². The zero-order chi connectivity index (χ0) is 22.6. The molecule has 0 aliphatic heterocycles. The highest BCUT2D eigenvalue weighted by atomic mass is 31.1. The Balaban J connectivity index is 2.13. The molecule has 1 amide bonds. The molecule has 1 N–H and O–H groups in total. The van der Waals surface area contributed by atoms with E-state index in [0.29, 0.717) is 0 Å². The Hall–Kier alpha value is -2.97. The summed E-state index contributed by atoms with van der Waals surface area (Å²) in [4.78, 5) is 35.4. The van der Waals surface area contributed by atoms with Crippen LogP contribution >= 0.6 is 8.69 Å². The quantitative estimate of drug-likeness (QED) is 0.378. The second-order valence-electron chi connectivity index (χ2n) is 6.49. The van der Waals surface area contributed by atoms with Crippen LogP contribution in [0.1, 0.15) is 42.8 Å². The van der Waals surface area contributed by atoms with Crippen LogP contribution < -0.4 is 11.1 Å². The number of ether oxygens (including phenoxy) is 2. The van der Waals surface area contributed by atoms with Gasteiger partial charge < -0.3 is 23.6 Å². The zero-order valence-electron chi connectivity index (χ0n) is 17.2. The largest absolute Gasteiger partial charge is 0.519 e. The fourth-order valence-electron chi connectivity index (χ4n) is 2.97. The lowest BCUT2D eigenvalue weighted by Crippen LogP contribution is -2.41. The van der Waals surface area contributed by atoms with Gasteiger partial charge in [-0.05, 0) is 25.8 Å². The molecule has 2 rings (SSSR count). The smallest absolute Gasteiger partial charge is 0.466 e. The van der Waals surface area contributed by atoms with Crippen LogP contribution in [-0.4, -0.2) is 31.3 Å². The summed E-state index contributed by atoms with van der Waals surface area (Å²) in [6, 6.07) is 8.55. The van der Waals surface area contributed by atoms with E-state index in [2.05, 4.69) is 5.32 Å². The SMILES string of the molecule is CCOC(=O)CCC(NC(=O)OCc1oc(=O)oc1C)C(COP=O)c1ccccc1. The van der Waals surface area contributed by atoms with Crippen LogP contribution in [0.15, 0.2) is 44.0 Å². The average molecular weight is 453 g/mol. The molecule has 0 spiro atoms. The van der Waals surface area contributed by atoms with Gasteiger partial charge >= 0.3 is 26.6 Å². The molecule has 2 unspecified atom stereocenters. The molecule has 0 saturated carbocycles. The number of carbonyl (C=O) groups is 2. The van der Waals surface area contributed by atoms with Crippen LogP contribution in [-0.2, 0) is 30.0 Å². The first-order valence-electron chi connectivity index (χ1n) is 9.62. The number of carbonyl (C=O) groups excluding carboxylic acids is 2. The van der Waals surface area contributed by atoms with Crippen molar-refractivity contribution in [1.82, 2.24) is 5.32 Å². The van der Waals surface area contributed by atoms with Gasteiger partial charge in [-0.2, -0.15) is 0 Å². The molecule has 11 heteroatoms. The molecular formula is C20H24NO9P. The van der Waals surface area contributed by atoms with Crippen molar-refractivity contribution >= 4 is 20.7 Å². The average Bonchev–Trinajstić information content (AvgIpc) is 3.08. The first-order valence-corrected chi connectivity index (χ1v) is 10.4. The number of amides is 1. The Labute approximate surface area is 180 Å². The minimum Gasteiger partial charge on any atom is -0.466 e. The van der Waals surface area contributed by atoms with Crippen molar-refractivity contribution in [3.8, 4) is 0 Å². The lowest BCUT2D eigenvalue weighted by atomic mass is 9.89. The molecule has 2 atom stereocenters. The maximum atomic E-state index is 12.4. The van der Waals surface area contributed by atoms with Crippen LogP contribution in [0.3, 0.4) is 0 Å². The monoisotopic (exact) mass is 453 g/mol. The summed E-state index contributed by atoms with van der Waals surface area (Å²) in [5.74, 6) is -1.41. The van der Waals surface area contributed by atoms with Crippen molar-refractivity contribution in [2.75, 3.05) is 13.2 Å². The van der Waals surface area contributed by atoms with Gasteiger partial charge in [-0.25, -0.2) is 14.2 Å². The van der Waals surface area contributed by atoms with Crippen LogP contribution in [0.5, 0.6) is 0 Å². The van der Waals surface area contributed by atoms with Crippen molar-refractivity contribution in [1.29, 1.82) is 0 Å². The minimum absolute atomic E-state index is 0.0263. The number of nitrogens with one attached hydrogen (secondary N) is 1. The molecule has 1 aromatic heterocycles. The highest BCUT2D eigenvalue weighted by Crippen LogP contribution is 2.25. The number of esters is 1. The van der Waals surface area contributed by atoms with Gasteiger partial charge in [0.15, 0.2) is 18.1 Å². The van der Waals surface area contributed by atoms with E-state index in [1.54, 1.807) is 6.92 Å². The lowest BCUT2D eigenvalue weighted by Gasteiger charge is -2.27. The first kappa shape index (κ1) is 24.3. The van der Waals surface area contributed by atoms with E-state index in [9.17, 15) is 18.9 Å². The van der Waals surface area contributed by atoms with E-state index >= 15 is 0 Å². The summed E-state index contributed by atoms with van der Waals surface area (Å²) in [7, 11) is -0.504. The third-order valence-corrected chi connectivity index (χ3v) is 4.71. The standard InChI is InChI=1S/C20H24NO9P/c1-3-26-18(22)10-9-16(15(11-28-31-25)14-7-5-4-6-8-14)21-19(23)27-12-17-13(2)29-20(24)30-17/h4-8,15-16H,3,9-12H2,1-2H3,(H,21,23). The fourth-order valence-corrected chi connectivity index (χ4v) is 3.19. The van der Waals surface area contributed by atoms with Gasteiger partial charge in [-0.15, -0.1) is 0 Å². The molecule has 1 aromatic carbocycles. The normalized spacial score (nSPS) is 12.8. The van der Waals surface area contributed by atoms with E-state index < -0.39 is 38.5 Å². The van der Waals surface area contributed by atoms with Crippen molar-refractivity contribution < 1.29 is 37.0 Å². The molecule has 31 heavy (non-hydrogen) atoms. The molecule has 0 radical (unpaired) electrons. The molecule has 168 valence electrons. The Morgan fingerprint density at radius 1 is 1.16 bits per heavy atom. The predicted molar refractivity (Wildman–Crippen MR) is 108 cm³/mol. The summed E-state index contributed by atoms with van der Waals surface area (Å²) in [6.07, 6.45) is -0.517. The van der Waals surface area contributed by atoms with Crippen LogP contribution in [0.25, 0.3) is 0 Å². The van der Waals surface area contributed by atoms with Gasteiger partial charge in [-0.3, -0.25) is 9.32 Å². The number of rotatable bonds is 12. The second-order valence-corrected chi connectivity index (χ2v) is 6.90. The molecular weight excluding hydrogens is 429 g/mol. The van der Waals surface area contributed by atoms with E-state index in [0.717, 1.165) is 5.56 Å². The highest BCUT2D eigenvalue weighted by Gasteiger charge is 2.27. The molecule has 0 aliphatic carbocycles. The second kappa shape index (κ2) is 12.7. The maximum Gasteiger partial charge on any atom is 0.519 e. The summed E-state index contributed by atoms with van der Waals surface area (Å²) in [6.45, 7) is 3.18. The number of hydrogen-bond acceptors (Lipinski definition) is 9. The Bertz CT molecular complexity index is 909. The van der Waals surface area contributed by atoms with Gasteiger partial charge in [0.2, 0.25) is 0 Å². The Morgan fingerprint density at radius 3 is 2.52 bits per heavy atom. The molecule has 1 heterocycles. The molecule has 0 aliphatic rings. The molecule has 0 fully saturated rings. The molecule has 0 saturated heterocycles. The third kappa shape index (κ3) is 7.99. The minimum atomic E-state index is -0.887. The lowest BCUT2D eigenvalue weighted by molar-refractivity contribution is -0.143. The first-order chi connectivity index (χ1) is 14.9. The van der Waals surface area contributed by atoms with Gasteiger partial charge in [0, 0.05) is 18.4 Å². The molecule has 2 aromatic rings. The molecule has 0 bridgehead atoms. The van der Waals surface area contributed by atoms with E-state index in [1.165, 1.54) is 6.92 Å². The van der Waals surface area contributed by atoms with Crippen molar-refractivity contribution in [2.45, 2.75) is 45.3 Å². The Morgan fingerprint density at radius 2 is 1.90 bits per heavy atom. The van der Waals surface area contributed by atoms with Crippen LogP contribution in [0.4, 0.5) is 4.79 Å². The van der Waals surface area contributed by atoms with Crippen molar-refractivity contribution in [3.63, 3.8) is 0 Å². The summed E-state index contributed by atoms with van der Waals surface area (Å²) >= 11 is 0. The van der Waals surface area contributed by atoms with Crippen LogP contribution in [0, 0.1) is 6.92 Å². The highest BCUT2D eigenvalue weighted by molar-refractivity contribution is 7.17. The number of hydrogen-bond donors (Lipinski definition) is 1. The van der Waals surface area contributed by atoms with E-state index in [1.807, 2.05) is 30.3 Å². The zero-order valence-corrected chi connectivity index (χ0v) is 18.1. The molecule has 10 nitrogen and oxygen atoms in total. The summed E-state index contributed by atoms with van der Waals surface area (Å²) in [5.41, 5.74) is 0.817. The van der Waals surface area contributed by atoms with Gasteiger partial charge in [-0.1, -0.05) is 30.3 Å². The number of alkyl carbamates (subject to hydrolysis) is 1. The van der Waals surface area contributed by atoms with Crippen molar-refractivity contribution in [3.05, 3.63) is 58.0 Å². The van der Waals surface area contributed by atoms with E-state index in [4.69, 9.17) is 22.8 Å². The number of benzene rings is 1.